The van der Waals surface area contributed by atoms with Crippen LogP contribution >= 0.6 is 0 Å². The minimum Gasteiger partial charge on any atom is -0.485 e. The zero-order valence-electron chi connectivity index (χ0n) is 10.5. The van der Waals surface area contributed by atoms with Gasteiger partial charge in [-0.2, -0.15) is 5.10 Å². The number of esters is 1. The normalized spacial score (nSPS) is 10.4. The summed E-state index contributed by atoms with van der Waals surface area (Å²) in [5, 5.41) is 4.12. The molecule has 0 N–H and O–H groups in total. The highest BCUT2D eigenvalue weighted by atomic mass is 16.5. The Bertz CT molecular complexity index is 396. The van der Waals surface area contributed by atoms with Gasteiger partial charge in [-0.15, -0.1) is 0 Å². The first-order valence-corrected chi connectivity index (χ1v) is 5.56. The second kappa shape index (κ2) is 6.08. The van der Waals surface area contributed by atoms with E-state index in [-0.39, 0.29) is 12.6 Å². The molecule has 5 heteroatoms. The zero-order valence-corrected chi connectivity index (χ0v) is 10.5. The van der Waals surface area contributed by atoms with E-state index in [1.165, 1.54) is 0 Å². The Hall–Kier alpha value is -1.78. The third-order valence-corrected chi connectivity index (χ3v) is 2.08. The number of hydrogen-bond acceptors (Lipinski definition) is 4. The smallest absolute Gasteiger partial charge is 0.336 e. The molecular formula is C12H18N2O3. The fourth-order valence-electron chi connectivity index (χ4n) is 1.14. The monoisotopic (exact) mass is 238 g/mol. The minimum absolute atomic E-state index is 0.114. The fraction of sp³-hybridized carbons (Fsp3) is 0.500. The van der Waals surface area contributed by atoms with Gasteiger partial charge in [0.05, 0.1) is 24.6 Å². The highest BCUT2D eigenvalue weighted by Crippen LogP contribution is 2.13. The maximum Gasteiger partial charge on any atom is 0.336 e. The number of nitrogens with zero attached hydrogens (tertiary/aromatic N) is 2. The molecule has 1 heterocycles. The van der Waals surface area contributed by atoms with Crippen molar-refractivity contribution in [2.24, 2.45) is 0 Å². The number of ether oxygens (including phenoxy) is 2. The Morgan fingerprint density at radius 2 is 2.29 bits per heavy atom. The maximum atomic E-state index is 11.3. The number of rotatable bonds is 6. The van der Waals surface area contributed by atoms with Gasteiger partial charge >= 0.3 is 5.97 Å². The van der Waals surface area contributed by atoms with E-state index in [2.05, 4.69) is 11.7 Å². The van der Waals surface area contributed by atoms with Gasteiger partial charge in [0.2, 0.25) is 0 Å². The number of carbonyl (C=O) groups excluding carboxylic acids is 1. The van der Waals surface area contributed by atoms with Crippen LogP contribution in [0.3, 0.4) is 0 Å². The molecule has 0 bridgehead atoms. The van der Waals surface area contributed by atoms with Gasteiger partial charge < -0.3 is 9.47 Å². The largest absolute Gasteiger partial charge is 0.485 e. The first kappa shape index (κ1) is 13.3. The van der Waals surface area contributed by atoms with Crippen LogP contribution in [0.25, 0.3) is 0 Å². The summed E-state index contributed by atoms with van der Waals surface area (Å²) in [7, 11) is 0. The molecule has 5 nitrogen and oxygen atoms in total. The van der Waals surface area contributed by atoms with Crippen LogP contribution < -0.4 is 4.74 Å². The average Bonchev–Trinajstić information content (AvgIpc) is 2.75. The van der Waals surface area contributed by atoms with Crippen molar-refractivity contribution in [2.75, 3.05) is 13.2 Å². The van der Waals surface area contributed by atoms with E-state index in [1.54, 1.807) is 24.0 Å². The molecule has 17 heavy (non-hydrogen) atoms. The Kier molecular flexibility index (Phi) is 4.75. The van der Waals surface area contributed by atoms with Gasteiger partial charge in [0, 0.05) is 6.04 Å². The summed E-state index contributed by atoms with van der Waals surface area (Å²) in [4.78, 5) is 11.3. The van der Waals surface area contributed by atoms with E-state index in [4.69, 9.17) is 9.47 Å². The minimum atomic E-state index is -0.427. The maximum absolute atomic E-state index is 11.3. The van der Waals surface area contributed by atoms with Crippen molar-refractivity contribution in [3.63, 3.8) is 0 Å². The van der Waals surface area contributed by atoms with Crippen molar-refractivity contribution in [3.8, 4) is 5.75 Å². The third-order valence-electron chi connectivity index (χ3n) is 2.08. The molecule has 0 unspecified atom stereocenters. The summed E-state index contributed by atoms with van der Waals surface area (Å²) >= 11 is 0. The summed E-state index contributed by atoms with van der Waals surface area (Å²) in [5.41, 5.74) is 0.296. The summed E-state index contributed by atoms with van der Waals surface area (Å²) in [6.07, 6.45) is 3.39. The van der Waals surface area contributed by atoms with E-state index in [0.29, 0.717) is 17.9 Å². The van der Waals surface area contributed by atoms with E-state index in [9.17, 15) is 4.79 Å². The number of carbonyl (C=O) groups is 1. The van der Waals surface area contributed by atoms with Crippen molar-refractivity contribution in [2.45, 2.75) is 26.8 Å². The van der Waals surface area contributed by atoms with Crippen molar-refractivity contribution >= 4 is 5.97 Å². The van der Waals surface area contributed by atoms with Crippen LogP contribution in [0.4, 0.5) is 0 Å². The van der Waals surface area contributed by atoms with E-state index in [0.717, 1.165) is 0 Å². The lowest BCUT2D eigenvalue weighted by molar-refractivity contribution is -0.138. The predicted octanol–water partition coefficient (Wildman–Crippen LogP) is 1.96. The van der Waals surface area contributed by atoms with Crippen LogP contribution in [0.5, 0.6) is 5.75 Å². The van der Waals surface area contributed by atoms with Crippen LogP contribution in [0.15, 0.2) is 24.5 Å². The third kappa shape index (κ3) is 3.94. The van der Waals surface area contributed by atoms with Crippen molar-refractivity contribution < 1.29 is 14.3 Å². The second-order valence-corrected chi connectivity index (χ2v) is 3.86. The van der Waals surface area contributed by atoms with Gasteiger partial charge in [0.25, 0.3) is 0 Å². The van der Waals surface area contributed by atoms with E-state index in [1.807, 2.05) is 13.8 Å². The van der Waals surface area contributed by atoms with E-state index >= 15 is 0 Å². The van der Waals surface area contributed by atoms with Crippen LogP contribution in [0.2, 0.25) is 0 Å². The summed E-state index contributed by atoms with van der Waals surface area (Å²) in [6, 6.07) is 0.278. The Morgan fingerprint density at radius 1 is 1.59 bits per heavy atom. The zero-order chi connectivity index (χ0) is 12.8. The van der Waals surface area contributed by atoms with Crippen LogP contribution in [-0.2, 0) is 9.53 Å². The quantitative estimate of drug-likeness (QED) is 0.561. The molecule has 1 aromatic rings. The van der Waals surface area contributed by atoms with Crippen molar-refractivity contribution in [1.82, 2.24) is 9.78 Å². The molecule has 0 aromatic carbocycles. The van der Waals surface area contributed by atoms with Crippen LogP contribution in [-0.4, -0.2) is 29.0 Å². The first-order chi connectivity index (χ1) is 8.04. The topological polar surface area (TPSA) is 53.4 Å². The number of aromatic nitrogens is 2. The molecule has 0 aliphatic carbocycles. The van der Waals surface area contributed by atoms with Gasteiger partial charge in [-0.3, -0.25) is 4.68 Å². The molecule has 0 fully saturated rings. The lowest BCUT2D eigenvalue weighted by Crippen LogP contribution is -2.13. The molecule has 0 aliphatic heterocycles. The Balaban J connectivity index is 2.44. The van der Waals surface area contributed by atoms with Gasteiger partial charge in [0.1, 0.15) is 6.61 Å². The standard InChI is InChI=1S/C12H18N2O3/c1-5-16-12(15)10(4)8-17-11-6-13-14(7-11)9(2)3/h6-7,9H,4-5,8H2,1-3H3. The average molecular weight is 238 g/mol. The molecule has 0 saturated carbocycles. The lowest BCUT2D eigenvalue weighted by Gasteiger charge is -2.06. The SMILES string of the molecule is C=C(COc1cnn(C(C)C)c1)C(=O)OCC. The number of hydrogen-bond donors (Lipinski definition) is 0. The highest BCUT2D eigenvalue weighted by molar-refractivity contribution is 5.87. The van der Waals surface area contributed by atoms with Gasteiger partial charge in [-0.05, 0) is 20.8 Å². The van der Waals surface area contributed by atoms with Gasteiger partial charge in [-0.1, -0.05) is 6.58 Å². The lowest BCUT2D eigenvalue weighted by atomic mass is 10.3. The highest BCUT2D eigenvalue weighted by Gasteiger charge is 2.09. The fourth-order valence-corrected chi connectivity index (χ4v) is 1.14. The summed E-state index contributed by atoms with van der Waals surface area (Å²) in [6.45, 7) is 9.85. The molecule has 1 aromatic heterocycles. The van der Waals surface area contributed by atoms with Crippen molar-refractivity contribution in [1.29, 1.82) is 0 Å². The molecule has 0 amide bonds. The summed E-state index contributed by atoms with van der Waals surface area (Å²) in [5.74, 6) is 0.188. The van der Waals surface area contributed by atoms with Crippen LogP contribution in [0.1, 0.15) is 26.8 Å². The van der Waals surface area contributed by atoms with Crippen molar-refractivity contribution in [3.05, 3.63) is 24.5 Å². The van der Waals surface area contributed by atoms with E-state index < -0.39 is 5.97 Å². The van der Waals surface area contributed by atoms with Gasteiger partial charge in [-0.25, -0.2) is 4.79 Å². The molecule has 0 atom stereocenters. The Morgan fingerprint density at radius 3 is 2.82 bits per heavy atom. The molecule has 0 radical (unpaired) electrons. The Labute approximate surface area is 101 Å². The molecule has 0 aliphatic rings. The molecular weight excluding hydrogens is 220 g/mol. The molecule has 94 valence electrons. The predicted molar refractivity (Wildman–Crippen MR) is 63.9 cm³/mol. The van der Waals surface area contributed by atoms with Crippen LogP contribution in [0, 0.1) is 0 Å². The first-order valence-electron chi connectivity index (χ1n) is 5.56. The molecule has 0 spiro atoms. The summed E-state index contributed by atoms with van der Waals surface area (Å²) < 4.78 is 12.0. The molecule has 0 saturated heterocycles. The molecule has 1 rings (SSSR count). The van der Waals surface area contributed by atoms with Gasteiger partial charge in [0.15, 0.2) is 5.75 Å². The second-order valence-electron chi connectivity index (χ2n) is 3.86.